The molecule has 2 N–H and O–H groups in total. The van der Waals surface area contributed by atoms with Crippen LogP contribution in [-0.2, 0) is 4.74 Å². The number of nitrogens with zero attached hydrogens (tertiary/aromatic N) is 1. The lowest BCUT2D eigenvalue weighted by atomic mass is 10.1. The van der Waals surface area contributed by atoms with E-state index >= 15 is 0 Å². The SMILES string of the molecule is COC(C)(C)CN(C)CCN. The molecule has 0 aliphatic heterocycles. The van der Waals surface area contributed by atoms with Gasteiger partial charge in [-0.2, -0.15) is 0 Å². The summed E-state index contributed by atoms with van der Waals surface area (Å²) in [4.78, 5) is 2.17. The van der Waals surface area contributed by atoms with Crippen LogP contribution < -0.4 is 5.73 Å². The Morgan fingerprint density at radius 3 is 2.36 bits per heavy atom. The van der Waals surface area contributed by atoms with E-state index in [0.717, 1.165) is 13.1 Å². The lowest BCUT2D eigenvalue weighted by molar-refractivity contribution is -0.00131. The molecule has 0 aromatic carbocycles. The molecule has 0 heterocycles. The van der Waals surface area contributed by atoms with Crippen molar-refractivity contribution in [2.75, 3.05) is 33.8 Å². The van der Waals surface area contributed by atoms with E-state index in [1.807, 2.05) is 7.05 Å². The van der Waals surface area contributed by atoms with Crippen LogP contribution in [0.25, 0.3) is 0 Å². The standard InChI is InChI=1S/C8H20N2O/c1-8(2,11-4)7-10(3)6-5-9/h5-7,9H2,1-4H3. The van der Waals surface area contributed by atoms with E-state index in [9.17, 15) is 0 Å². The summed E-state index contributed by atoms with van der Waals surface area (Å²) in [5.74, 6) is 0. The fraction of sp³-hybridized carbons (Fsp3) is 1.00. The summed E-state index contributed by atoms with van der Waals surface area (Å²) in [6, 6.07) is 0. The third-order valence-electron chi connectivity index (χ3n) is 1.71. The van der Waals surface area contributed by atoms with Crippen LogP contribution in [0.15, 0.2) is 0 Å². The smallest absolute Gasteiger partial charge is 0.0748 e. The van der Waals surface area contributed by atoms with Gasteiger partial charge in [-0.15, -0.1) is 0 Å². The first-order valence-corrected chi connectivity index (χ1v) is 3.95. The van der Waals surface area contributed by atoms with Crippen molar-refractivity contribution in [3.05, 3.63) is 0 Å². The molecule has 3 heteroatoms. The van der Waals surface area contributed by atoms with E-state index in [0.29, 0.717) is 6.54 Å². The van der Waals surface area contributed by atoms with Crippen LogP contribution in [0.1, 0.15) is 13.8 Å². The van der Waals surface area contributed by atoms with E-state index in [-0.39, 0.29) is 5.60 Å². The molecule has 0 fully saturated rings. The zero-order valence-electron chi connectivity index (χ0n) is 8.05. The van der Waals surface area contributed by atoms with Gasteiger partial charge in [0, 0.05) is 26.7 Å². The molecule has 0 aliphatic carbocycles. The van der Waals surface area contributed by atoms with Gasteiger partial charge in [0.25, 0.3) is 0 Å². The minimum atomic E-state index is -0.0656. The van der Waals surface area contributed by atoms with Gasteiger partial charge in [0.15, 0.2) is 0 Å². The molecule has 0 spiro atoms. The van der Waals surface area contributed by atoms with Gasteiger partial charge in [-0.05, 0) is 20.9 Å². The van der Waals surface area contributed by atoms with Gasteiger partial charge in [0.2, 0.25) is 0 Å². The predicted octanol–water partition coefficient (Wildman–Crippen LogP) is 0.302. The number of rotatable bonds is 5. The molecule has 0 amide bonds. The topological polar surface area (TPSA) is 38.5 Å². The predicted molar refractivity (Wildman–Crippen MR) is 47.6 cm³/mol. The van der Waals surface area contributed by atoms with Crippen molar-refractivity contribution >= 4 is 0 Å². The van der Waals surface area contributed by atoms with Crippen LogP contribution in [-0.4, -0.2) is 44.3 Å². The first-order chi connectivity index (χ1) is 5.02. The molecule has 0 saturated carbocycles. The highest BCUT2D eigenvalue weighted by Crippen LogP contribution is 2.07. The summed E-state index contributed by atoms with van der Waals surface area (Å²) in [6.07, 6.45) is 0. The van der Waals surface area contributed by atoms with Crippen LogP contribution in [0, 0.1) is 0 Å². The van der Waals surface area contributed by atoms with Crippen molar-refractivity contribution in [3.63, 3.8) is 0 Å². The Morgan fingerprint density at radius 1 is 1.45 bits per heavy atom. The van der Waals surface area contributed by atoms with Crippen LogP contribution in [0.5, 0.6) is 0 Å². The molecule has 0 radical (unpaired) electrons. The summed E-state index contributed by atoms with van der Waals surface area (Å²) in [5.41, 5.74) is 5.34. The molecule has 0 aliphatic rings. The zero-order chi connectivity index (χ0) is 8.91. The molecule has 0 rings (SSSR count). The maximum atomic E-state index is 5.41. The number of nitrogens with two attached hydrogens (primary N) is 1. The Morgan fingerprint density at radius 2 is 2.00 bits per heavy atom. The average Bonchev–Trinajstić information content (AvgIpc) is 1.87. The first-order valence-electron chi connectivity index (χ1n) is 3.95. The Kier molecular flexibility index (Phi) is 4.65. The maximum absolute atomic E-state index is 5.41. The van der Waals surface area contributed by atoms with E-state index in [1.54, 1.807) is 7.11 Å². The van der Waals surface area contributed by atoms with Crippen LogP contribution in [0.2, 0.25) is 0 Å². The van der Waals surface area contributed by atoms with E-state index in [4.69, 9.17) is 10.5 Å². The molecule has 0 aromatic rings. The summed E-state index contributed by atoms with van der Waals surface area (Å²) < 4.78 is 5.27. The molecule has 0 saturated heterocycles. The monoisotopic (exact) mass is 160 g/mol. The zero-order valence-corrected chi connectivity index (χ0v) is 8.05. The minimum absolute atomic E-state index is 0.0656. The molecule has 3 nitrogen and oxygen atoms in total. The first kappa shape index (κ1) is 10.9. The third kappa shape index (κ3) is 5.18. The number of ether oxygens (including phenoxy) is 1. The summed E-state index contributed by atoms with van der Waals surface area (Å²) in [5, 5.41) is 0. The fourth-order valence-electron chi connectivity index (χ4n) is 1.01. The van der Waals surface area contributed by atoms with Crippen LogP contribution in [0.3, 0.4) is 0 Å². The Balaban J connectivity index is 3.64. The van der Waals surface area contributed by atoms with Gasteiger partial charge < -0.3 is 15.4 Å². The van der Waals surface area contributed by atoms with Crippen molar-refractivity contribution in [2.45, 2.75) is 19.4 Å². The normalized spacial score (nSPS) is 12.5. The minimum Gasteiger partial charge on any atom is -0.377 e. The quantitative estimate of drug-likeness (QED) is 0.628. The van der Waals surface area contributed by atoms with Crippen molar-refractivity contribution < 1.29 is 4.74 Å². The second-order valence-electron chi connectivity index (χ2n) is 3.49. The molecule has 0 aromatic heterocycles. The maximum Gasteiger partial charge on any atom is 0.0748 e. The van der Waals surface area contributed by atoms with Gasteiger partial charge in [0.05, 0.1) is 5.60 Å². The van der Waals surface area contributed by atoms with Crippen molar-refractivity contribution in [2.24, 2.45) is 5.73 Å². The molecular formula is C8H20N2O. The van der Waals surface area contributed by atoms with Crippen molar-refractivity contribution in [3.8, 4) is 0 Å². The summed E-state index contributed by atoms with van der Waals surface area (Å²) in [7, 11) is 3.78. The molecule has 0 unspecified atom stereocenters. The van der Waals surface area contributed by atoms with Gasteiger partial charge in [-0.1, -0.05) is 0 Å². The largest absolute Gasteiger partial charge is 0.377 e. The van der Waals surface area contributed by atoms with Gasteiger partial charge in [-0.25, -0.2) is 0 Å². The van der Waals surface area contributed by atoms with E-state index in [1.165, 1.54) is 0 Å². The third-order valence-corrected chi connectivity index (χ3v) is 1.71. The molecule has 11 heavy (non-hydrogen) atoms. The molecule has 0 atom stereocenters. The Labute approximate surface area is 69.5 Å². The summed E-state index contributed by atoms with van der Waals surface area (Å²) in [6.45, 7) is 6.68. The highest BCUT2D eigenvalue weighted by molar-refractivity contribution is 4.71. The lowest BCUT2D eigenvalue weighted by Gasteiger charge is -2.28. The number of hydrogen-bond donors (Lipinski definition) is 1. The second kappa shape index (κ2) is 4.70. The Bertz CT molecular complexity index is 104. The van der Waals surface area contributed by atoms with Crippen LogP contribution >= 0.6 is 0 Å². The number of hydrogen-bond acceptors (Lipinski definition) is 3. The molecule has 68 valence electrons. The van der Waals surface area contributed by atoms with E-state index in [2.05, 4.69) is 18.7 Å². The lowest BCUT2D eigenvalue weighted by Crippen LogP contribution is -2.39. The number of methoxy groups -OCH3 is 1. The highest BCUT2D eigenvalue weighted by Gasteiger charge is 2.17. The van der Waals surface area contributed by atoms with Crippen molar-refractivity contribution in [1.29, 1.82) is 0 Å². The highest BCUT2D eigenvalue weighted by atomic mass is 16.5. The Hall–Kier alpha value is -0.120. The van der Waals surface area contributed by atoms with Gasteiger partial charge in [-0.3, -0.25) is 0 Å². The molecule has 0 bridgehead atoms. The van der Waals surface area contributed by atoms with Gasteiger partial charge >= 0.3 is 0 Å². The fourth-order valence-corrected chi connectivity index (χ4v) is 1.01. The number of likely N-dealkylation sites (N-methyl/N-ethyl adjacent to an activating group) is 1. The second-order valence-corrected chi connectivity index (χ2v) is 3.49. The van der Waals surface area contributed by atoms with Crippen LogP contribution in [0.4, 0.5) is 0 Å². The molecular weight excluding hydrogens is 140 g/mol. The average molecular weight is 160 g/mol. The van der Waals surface area contributed by atoms with Gasteiger partial charge in [0.1, 0.15) is 0 Å². The van der Waals surface area contributed by atoms with Crippen molar-refractivity contribution in [1.82, 2.24) is 4.90 Å². The summed E-state index contributed by atoms with van der Waals surface area (Å²) >= 11 is 0. The van der Waals surface area contributed by atoms with E-state index < -0.39 is 0 Å².